The molecule has 0 heterocycles. The van der Waals surface area contributed by atoms with Crippen LogP contribution in [0, 0.1) is 5.82 Å². The van der Waals surface area contributed by atoms with Gasteiger partial charge in [-0.2, -0.15) is 4.99 Å². The lowest BCUT2D eigenvalue weighted by Crippen LogP contribution is -1.90. The average Bonchev–Trinajstić information content (AvgIpc) is 2.69. The number of thiocarbonyl (C=S) groups is 1. The SMILES string of the molecule is CCCCCc1ccc(-c2ccc(-c3ccc(N=C=S)cc3)cc2)c(F)c1. The van der Waals surface area contributed by atoms with Gasteiger partial charge in [-0.1, -0.05) is 68.3 Å². The molecule has 0 N–H and O–H groups in total. The van der Waals surface area contributed by atoms with E-state index in [2.05, 4.69) is 29.3 Å². The van der Waals surface area contributed by atoms with Gasteiger partial charge in [-0.25, -0.2) is 4.39 Å². The lowest BCUT2D eigenvalue weighted by Gasteiger charge is -2.08. The normalized spacial score (nSPS) is 10.4. The number of benzene rings is 3. The van der Waals surface area contributed by atoms with Crippen LogP contribution in [-0.2, 0) is 6.42 Å². The van der Waals surface area contributed by atoms with Crippen LogP contribution in [0.25, 0.3) is 22.3 Å². The summed E-state index contributed by atoms with van der Waals surface area (Å²) in [6.45, 7) is 2.18. The summed E-state index contributed by atoms with van der Waals surface area (Å²) in [6.07, 6.45) is 4.41. The highest BCUT2D eigenvalue weighted by Crippen LogP contribution is 2.28. The molecule has 3 aromatic carbocycles. The third-order valence-corrected chi connectivity index (χ3v) is 4.77. The lowest BCUT2D eigenvalue weighted by atomic mass is 9.98. The van der Waals surface area contributed by atoms with Crippen LogP contribution in [0.15, 0.2) is 71.7 Å². The molecule has 0 saturated heterocycles. The smallest absolute Gasteiger partial charge is 0.131 e. The zero-order valence-electron chi connectivity index (χ0n) is 15.4. The second-order valence-electron chi connectivity index (χ2n) is 6.60. The van der Waals surface area contributed by atoms with Gasteiger partial charge in [-0.15, -0.1) is 0 Å². The minimum absolute atomic E-state index is 0.154. The number of nitrogens with zero attached hydrogens (tertiary/aromatic N) is 1. The Balaban J connectivity index is 1.77. The van der Waals surface area contributed by atoms with Crippen LogP contribution in [0.2, 0.25) is 0 Å². The molecule has 3 aromatic rings. The summed E-state index contributed by atoms with van der Waals surface area (Å²) in [5, 5.41) is 2.36. The van der Waals surface area contributed by atoms with Crippen molar-refractivity contribution in [1.82, 2.24) is 0 Å². The van der Waals surface area contributed by atoms with Gasteiger partial charge in [-0.05, 0) is 65.5 Å². The third kappa shape index (κ3) is 4.97. The fraction of sp³-hybridized carbons (Fsp3) is 0.208. The van der Waals surface area contributed by atoms with Gasteiger partial charge in [-0.3, -0.25) is 0 Å². The van der Waals surface area contributed by atoms with Gasteiger partial charge >= 0.3 is 0 Å². The zero-order chi connectivity index (χ0) is 19.1. The Morgan fingerprint density at radius 3 is 2.07 bits per heavy atom. The van der Waals surface area contributed by atoms with E-state index in [1.807, 2.05) is 60.7 Å². The molecule has 0 aliphatic carbocycles. The van der Waals surface area contributed by atoms with Crippen LogP contribution >= 0.6 is 12.2 Å². The number of isothiocyanates is 1. The molecule has 136 valence electrons. The topological polar surface area (TPSA) is 12.4 Å². The van der Waals surface area contributed by atoms with Crippen LogP contribution in [0.5, 0.6) is 0 Å². The van der Waals surface area contributed by atoms with Gasteiger partial charge in [0, 0.05) is 5.56 Å². The second-order valence-corrected chi connectivity index (χ2v) is 6.78. The Morgan fingerprint density at radius 2 is 1.48 bits per heavy atom. The van der Waals surface area contributed by atoms with E-state index in [9.17, 15) is 4.39 Å². The summed E-state index contributed by atoms with van der Waals surface area (Å²) in [6, 6.07) is 21.4. The summed E-state index contributed by atoms with van der Waals surface area (Å²) >= 11 is 4.62. The van der Waals surface area contributed by atoms with Gasteiger partial charge in [0.05, 0.1) is 10.8 Å². The first-order valence-electron chi connectivity index (χ1n) is 9.28. The molecule has 0 spiro atoms. The first kappa shape index (κ1) is 19.2. The van der Waals surface area contributed by atoms with Crippen LogP contribution in [0.4, 0.5) is 10.1 Å². The van der Waals surface area contributed by atoms with Gasteiger partial charge < -0.3 is 0 Å². The number of hydrogen-bond donors (Lipinski definition) is 0. The Morgan fingerprint density at radius 1 is 0.852 bits per heavy atom. The summed E-state index contributed by atoms with van der Waals surface area (Å²) < 4.78 is 14.6. The highest BCUT2D eigenvalue weighted by Gasteiger charge is 2.07. The van der Waals surface area contributed by atoms with E-state index < -0.39 is 0 Å². The molecule has 0 fully saturated rings. The Hall–Kier alpha value is -2.61. The van der Waals surface area contributed by atoms with Gasteiger partial charge in [0.15, 0.2) is 0 Å². The summed E-state index contributed by atoms with van der Waals surface area (Å²) in [5.74, 6) is -0.154. The van der Waals surface area contributed by atoms with Crippen molar-refractivity contribution in [3.8, 4) is 22.3 Å². The van der Waals surface area contributed by atoms with Crippen molar-refractivity contribution in [2.45, 2.75) is 32.6 Å². The van der Waals surface area contributed by atoms with Crippen LogP contribution in [0.1, 0.15) is 31.7 Å². The summed E-state index contributed by atoms with van der Waals surface area (Å²) in [7, 11) is 0. The average molecular weight is 376 g/mol. The monoisotopic (exact) mass is 375 g/mol. The van der Waals surface area contributed by atoms with Gasteiger partial charge in [0.1, 0.15) is 5.82 Å². The van der Waals surface area contributed by atoms with Crippen molar-refractivity contribution in [3.63, 3.8) is 0 Å². The van der Waals surface area contributed by atoms with E-state index >= 15 is 0 Å². The zero-order valence-corrected chi connectivity index (χ0v) is 16.2. The van der Waals surface area contributed by atoms with E-state index in [1.165, 1.54) is 12.8 Å². The predicted octanol–water partition coefficient (Wildman–Crippen LogP) is 7.63. The first-order valence-corrected chi connectivity index (χ1v) is 9.69. The molecule has 0 aliphatic heterocycles. The fourth-order valence-corrected chi connectivity index (χ4v) is 3.26. The Labute approximate surface area is 165 Å². The van der Waals surface area contributed by atoms with Gasteiger partial charge in [0.25, 0.3) is 0 Å². The van der Waals surface area contributed by atoms with Crippen LogP contribution in [0.3, 0.4) is 0 Å². The van der Waals surface area contributed by atoms with Crippen molar-refractivity contribution in [3.05, 3.63) is 78.1 Å². The molecule has 0 aromatic heterocycles. The molecular formula is C24H22FNS. The molecular weight excluding hydrogens is 353 g/mol. The minimum atomic E-state index is -0.154. The molecule has 27 heavy (non-hydrogen) atoms. The Kier molecular flexibility index (Phi) is 6.64. The number of aryl methyl sites for hydroxylation is 1. The number of halogens is 1. The molecule has 0 unspecified atom stereocenters. The number of hydrogen-bond acceptors (Lipinski definition) is 2. The van der Waals surface area contributed by atoms with E-state index in [4.69, 9.17) is 0 Å². The summed E-state index contributed by atoms with van der Waals surface area (Å²) in [5.41, 5.74) is 5.54. The molecule has 3 rings (SSSR count). The number of unbranched alkanes of at least 4 members (excludes halogenated alkanes) is 2. The lowest BCUT2D eigenvalue weighted by molar-refractivity contribution is 0.626. The van der Waals surface area contributed by atoms with Crippen LogP contribution < -0.4 is 0 Å². The highest BCUT2D eigenvalue weighted by molar-refractivity contribution is 7.78. The molecule has 3 heteroatoms. The summed E-state index contributed by atoms with van der Waals surface area (Å²) in [4.78, 5) is 3.96. The maximum atomic E-state index is 14.6. The number of rotatable bonds is 7. The maximum absolute atomic E-state index is 14.6. The first-order chi connectivity index (χ1) is 13.2. The molecule has 0 amide bonds. The third-order valence-electron chi connectivity index (χ3n) is 4.67. The molecule has 0 radical (unpaired) electrons. The largest absolute Gasteiger partial charge is 0.206 e. The molecule has 0 aliphatic rings. The van der Waals surface area contributed by atoms with E-state index in [1.54, 1.807) is 6.07 Å². The van der Waals surface area contributed by atoms with Crippen molar-refractivity contribution in [2.24, 2.45) is 4.99 Å². The van der Waals surface area contributed by atoms with Gasteiger partial charge in [0.2, 0.25) is 0 Å². The fourth-order valence-electron chi connectivity index (χ4n) is 3.15. The van der Waals surface area contributed by atoms with E-state index in [-0.39, 0.29) is 5.82 Å². The Bertz CT molecular complexity index is 939. The minimum Gasteiger partial charge on any atom is -0.206 e. The van der Waals surface area contributed by atoms with Crippen molar-refractivity contribution in [1.29, 1.82) is 0 Å². The van der Waals surface area contributed by atoms with Crippen molar-refractivity contribution in [2.75, 3.05) is 0 Å². The quantitative estimate of drug-likeness (QED) is 0.235. The highest BCUT2D eigenvalue weighted by atomic mass is 32.1. The molecule has 1 nitrogen and oxygen atoms in total. The molecule has 0 saturated carbocycles. The predicted molar refractivity (Wildman–Crippen MR) is 115 cm³/mol. The number of aliphatic imine (C=N–C) groups is 1. The standard InChI is InChI=1S/C24H22FNS/c1-2-3-4-5-18-6-15-23(24(25)16-18)21-9-7-19(8-10-21)20-11-13-22(14-12-20)26-17-27/h6-16H,2-5H2,1H3. The van der Waals surface area contributed by atoms with E-state index in [0.717, 1.165) is 40.8 Å². The van der Waals surface area contributed by atoms with Crippen molar-refractivity contribution < 1.29 is 4.39 Å². The van der Waals surface area contributed by atoms with Crippen LogP contribution in [-0.4, -0.2) is 5.16 Å². The van der Waals surface area contributed by atoms with Crippen molar-refractivity contribution >= 4 is 23.1 Å². The molecule has 0 bridgehead atoms. The molecule has 0 atom stereocenters. The maximum Gasteiger partial charge on any atom is 0.131 e. The second kappa shape index (κ2) is 9.36. The van der Waals surface area contributed by atoms with E-state index in [0.29, 0.717) is 5.56 Å².